The number of hydrogen-bond donors (Lipinski definition) is 0. The van der Waals surface area contributed by atoms with Crippen molar-refractivity contribution in [2.75, 3.05) is 40.3 Å². The summed E-state index contributed by atoms with van der Waals surface area (Å²) in [5.41, 5.74) is 3.28. The van der Waals surface area contributed by atoms with Crippen LogP contribution in [-0.2, 0) is 16.6 Å². The molecule has 0 aliphatic carbocycles. The molecule has 2 heterocycles. The number of carbonyl (C=O) groups excluding carboxylic acids is 1. The SMILES string of the molecule is Cc1ccc(C(=O)N(CCN(C)C)Cc2ccccc2)c(C2CCN(S(=O)(=O)c3ccc(Cl)cc3)CC2)n1. The Hall–Kier alpha value is -2.78. The second-order valence-electron chi connectivity index (χ2n) is 10.0. The van der Waals surface area contributed by atoms with Gasteiger partial charge in [-0.3, -0.25) is 9.78 Å². The number of aryl methyl sites for hydroxylation is 1. The van der Waals surface area contributed by atoms with E-state index in [1.807, 2.05) is 68.4 Å². The highest BCUT2D eigenvalue weighted by atomic mass is 35.5. The molecule has 0 atom stereocenters. The summed E-state index contributed by atoms with van der Waals surface area (Å²) in [4.78, 5) is 22.9. The van der Waals surface area contributed by atoms with Crippen molar-refractivity contribution in [3.63, 3.8) is 0 Å². The van der Waals surface area contributed by atoms with Crippen molar-refractivity contribution < 1.29 is 13.2 Å². The van der Waals surface area contributed by atoms with E-state index in [4.69, 9.17) is 16.6 Å². The van der Waals surface area contributed by atoms with Crippen molar-refractivity contribution in [3.8, 4) is 0 Å². The van der Waals surface area contributed by atoms with Crippen molar-refractivity contribution in [1.82, 2.24) is 19.1 Å². The molecular formula is C29H35ClN4O3S. The summed E-state index contributed by atoms with van der Waals surface area (Å²) in [5, 5.41) is 0.497. The first-order valence-electron chi connectivity index (χ1n) is 12.9. The minimum absolute atomic E-state index is 0.00191. The lowest BCUT2D eigenvalue weighted by molar-refractivity contribution is 0.0729. The van der Waals surface area contributed by atoms with Crippen LogP contribution in [0.2, 0.25) is 5.02 Å². The standard InChI is InChI=1S/C29H35ClN4O3S/c1-22-9-14-27(29(35)33(20-19-32(2)3)21-23-7-5-4-6-8-23)28(31-22)24-15-17-34(18-16-24)38(36,37)26-12-10-25(30)11-13-26/h4-14,24H,15-21H2,1-3H3. The van der Waals surface area contributed by atoms with Crippen LogP contribution in [0.4, 0.5) is 0 Å². The Morgan fingerprint density at radius 3 is 2.26 bits per heavy atom. The predicted octanol–water partition coefficient (Wildman–Crippen LogP) is 4.82. The maximum atomic E-state index is 13.9. The van der Waals surface area contributed by atoms with Gasteiger partial charge in [-0.25, -0.2) is 8.42 Å². The number of sulfonamides is 1. The number of likely N-dealkylation sites (N-methyl/N-ethyl adjacent to an activating group) is 1. The molecule has 1 amide bonds. The van der Waals surface area contributed by atoms with Crippen molar-refractivity contribution in [1.29, 1.82) is 0 Å². The van der Waals surface area contributed by atoms with Gasteiger partial charge in [0.25, 0.3) is 5.91 Å². The fourth-order valence-corrected chi connectivity index (χ4v) is 6.34. The van der Waals surface area contributed by atoms with E-state index in [-0.39, 0.29) is 16.7 Å². The molecule has 0 spiro atoms. The Kier molecular flexibility index (Phi) is 9.20. The highest BCUT2D eigenvalue weighted by Crippen LogP contribution is 2.32. The zero-order valence-electron chi connectivity index (χ0n) is 22.2. The van der Waals surface area contributed by atoms with Crippen LogP contribution < -0.4 is 0 Å². The van der Waals surface area contributed by atoms with Gasteiger partial charge in [-0.1, -0.05) is 41.9 Å². The number of halogens is 1. The van der Waals surface area contributed by atoms with Crippen LogP contribution in [-0.4, -0.2) is 73.7 Å². The quantitative estimate of drug-likeness (QED) is 0.379. The molecular weight excluding hydrogens is 520 g/mol. The Morgan fingerprint density at radius 2 is 1.63 bits per heavy atom. The van der Waals surface area contributed by atoms with E-state index in [1.54, 1.807) is 12.1 Å². The number of carbonyl (C=O) groups is 1. The minimum atomic E-state index is -3.61. The zero-order valence-corrected chi connectivity index (χ0v) is 23.8. The number of pyridine rings is 1. The van der Waals surface area contributed by atoms with Crippen molar-refractivity contribution >= 4 is 27.5 Å². The summed E-state index contributed by atoms with van der Waals surface area (Å²) in [6, 6.07) is 20.0. The number of hydrogen-bond acceptors (Lipinski definition) is 5. The molecule has 202 valence electrons. The van der Waals surface area contributed by atoms with Gasteiger partial charge < -0.3 is 9.80 Å². The smallest absolute Gasteiger partial charge is 0.256 e. The maximum absolute atomic E-state index is 13.9. The largest absolute Gasteiger partial charge is 0.333 e. The topological polar surface area (TPSA) is 73.8 Å². The van der Waals surface area contributed by atoms with Crippen LogP contribution in [0.1, 0.15) is 46.1 Å². The van der Waals surface area contributed by atoms with E-state index < -0.39 is 10.0 Å². The van der Waals surface area contributed by atoms with Gasteiger partial charge in [0.15, 0.2) is 0 Å². The minimum Gasteiger partial charge on any atom is -0.333 e. The predicted molar refractivity (Wildman–Crippen MR) is 151 cm³/mol. The molecule has 1 aliphatic heterocycles. The first-order chi connectivity index (χ1) is 18.1. The molecule has 4 rings (SSSR count). The van der Waals surface area contributed by atoms with E-state index in [0.29, 0.717) is 49.6 Å². The summed E-state index contributed by atoms with van der Waals surface area (Å²) >= 11 is 5.94. The third-order valence-electron chi connectivity index (χ3n) is 6.91. The molecule has 1 saturated heterocycles. The molecule has 1 aliphatic rings. The Morgan fingerprint density at radius 1 is 0.974 bits per heavy atom. The first kappa shape index (κ1) is 28.2. The second-order valence-corrected chi connectivity index (χ2v) is 12.4. The lowest BCUT2D eigenvalue weighted by atomic mass is 9.90. The van der Waals surface area contributed by atoms with E-state index in [0.717, 1.165) is 23.5 Å². The number of aromatic nitrogens is 1. The third-order valence-corrected chi connectivity index (χ3v) is 9.07. The van der Waals surface area contributed by atoms with E-state index in [2.05, 4.69) is 4.90 Å². The summed E-state index contributed by atoms with van der Waals surface area (Å²) < 4.78 is 27.8. The van der Waals surface area contributed by atoms with Gasteiger partial charge in [-0.2, -0.15) is 4.31 Å². The molecule has 3 aromatic rings. The Labute approximate surface area is 231 Å². The highest BCUT2D eigenvalue weighted by Gasteiger charge is 2.33. The van der Waals surface area contributed by atoms with Gasteiger partial charge >= 0.3 is 0 Å². The second kappa shape index (κ2) is 12.4. The number of nitrogens with zero attached hydrogens (tertiary/aromatic N) is 4. The number of amides is 1. The van der Waals surface area contributed by atoms with Gasteiger partial charge in [0.2, 0.25) is 10.0 Å². The van der Waals surface area contributed by atoms with Crippen LogP contribution >= 0.6 is 11.6 Å². The van der Waals surface area contributed by atoms with E-state index >= 15 is 0 Å². The molecule has 1 fully saturated rings. The normalized spacial score (nSPS) is 15.1. The Bertz CT molecular complexity index is 1340. The monoisotopic (exact) mass is 554 g/mol. The van der Waals surface area contributed by atoms with Crippen LogP contribution in [0.5, 0.6) is 0 Å². The number of rotatable bonds is 9. The molecule has 2 aromatic carbocycles. The van der Waals surface area contributed by atoms with Gasteiger partial charge in [-0.15, -0.1) is 0 Å². The molecule has 0 N–H and O–H groups in total. The van der Waals surface area contributed by atoms with E-state index in [1.165, 1.54) is 16.4 Å². The van der Waals surface area contributed by atoms with Crippen LogP contribution in [0, 0.1) is 6.92 Å². The molecule has 0 bridgehead atoms. The van der Waals surface area contributed by atoms with Crippen molar-refractivity contribution in [2.45, 2.75) is 37.1 Å². The highest BCUT2D eigenvalue weighted by molar-refractivity contribution is 7.89. The molecule has 9 heteroatoms. The molecule has 7 nitrogen and oxygen atoms in total. The van der Waals surface area contributed by atoms with Gasteiger partial charge in [0.05, 0.1) is 16.2 Å². The summed E-state index contributed by atoms with van der Waals surface area (Å²) in [5.74, 6) is -0.0487. The lowest BCUT2D eigenvalue weighted by Gasteiger charge is -2.32. The van der Waals surface area contributed by atoms with E-state index in [9.17, 15) is 13.2 Å². The molecule has 38 heavy (non-hydrogen) atoms. The van der Waals surface area contributed by atoms with Crippen molar-refractivity contribution in [3.05, 3.63) is 94.3 Å². The summed E-state index contributed by atoms with van der Waals surface area (Å²) in [6.45, 7) is 4.50. The zero-order chi connectivity index (χ0) is 27.3. The van der Waals surface area contributed by atoms with Crippen LogP contribution in [0.15, 0.2) is 71.6 Å². The lowest BCUT2D eigenvalue weighted by Crippen LogP contribution is -2.39. The Balaban J connectivity index is 1.55. The third kappa shape index (κ3) is 6.80. The fourth-order valence-electron chi connectivity index (χ4n) is 4.74. The van der Waals surface area contributed by atoms with Crippen LogP contribution in [0.3, 0.4) is 0 Å². The average Bonchev–Trinajstić information content (AvgIpc) is 2.91. The van der Waals surface area contributed by atoms with Gasteiger partial charge in [0.1, 0.15) is 0 Å². The van der Waals surface area contributed by atoms with Gasteiger partial charge in [-0.05, 0) is 75.8 Å². The molecule has 0 saturated carbocycles. The maximum Gasteiger partial charge on any atom is 0.256 e. The molecule has 0 unspecified atom stereocenters. The van der Waals surface area contributed by atoms with Gasteiger partial charge in [0, 0.05) is 49.4 Å². The van der Waals surface area contributed by atoms with Crippen molar-refractivity contribution in [2.24, 2.45) is 0 Å². The number of piperidine rings is 1. The first-order valence-corrected chi connectivity index (χ1v) is 14.7. The number of benzene rings is 2. The average molecular weight is 555 g/mol. The van der Waals surface area contributed by atoms with Crippen LogP contribution in [0.25, 0.3) is 0 Å². The summed E-state index contributed by atoms with van der Waals surface area (Å²) in [7, 11) is 0.384. The molecule has 1 aromatic heterocycles. The molecule has 0 radical (unpaired) electrons. The summed E-state index contributed by atoms with van der Waals surface area (Å²) in [6.07, 6.45) is 1.19. The fraction of sp³-hybridized carbons (Fsp3) is 0.379.